The molecule has 2 aromatic carbocycles. The Bertz CT molecular complexity index is 1320. The molecule has 0 unspecified atom stereocenters. The van der Waals surface area contributed by atoms with Crippen molar-refractivity contribution in [2.45, 2.75) is 19.5 Å². The van der Waals surface area contributed by atoms with Crippen LogP contribution in [0.3, 0.4) is 0 Å². The summed E-state index contributed by atoms with van der Waals surface area (Å²) in [5.74, 6) is 6.56. The minimum Gasteiger partial charge on any atom is -0.497 e. The number of rotatable bonds is 5. The summed E-state index contributed by atoms with van der Waals surface area (Å²) in [7, 11) is 3.43. The van der Waals surface area contributed by atoms with Gasteiger partial charge in [-0.3, -0.25) is 19.6 Å². The van der Waals surface area contributed by atoms with Crippen LogP contribution in [-0.4, -0.2) is 52.7 Å². The maximum atomic E-state index is 12.9. The summed E-state index contributed by atoms with van der Waals surface area (Å²) in [6.07, 6.45) is 2.07. The number of urea groups is 1. The second-order valence-electron chi connectivity index (χ2n) is 7.77. The van der Waals surface area contributed by atoms with Crippen molar-refractivity contribution in [3.63, 3.8) is 0 Å². The van der Waals surface area contributed by atoms with Gasteiger partial charge in [-0.1, -0.05) is 17.9 Å². The predicted octanol–water partition coefficient (Wildman–Crippen LogP) is 1.72. The van der Waals surface area contributed by atoms with E-state index in [0.29, 0.717) is 24.3 Å². The van der Waals surface area contributed by atoms with Gasteiger partial charge in [-0.05, 0) is 42.3 Å². The Hall–Kier alpha value is -4.32. The Balaban J connectivity index is 1.58. The van der Waals surface area contributed by atoms with Crippen molar-refractivity contribution in [3.8, 4) is 17.6 Å². The molecule has 4 amide bonds. The topological polar surface area (TPSA) is 106 Å². The Morgan fingerprint density at radius 3 is 2.91 bits per heavy atom. The van der Waals surface area contributed by atoms with Crippen molar-refractivity contribution < 1.29 is 19.1 Å². The molecule has 1 atom stereocenters. The van der Waals surface area contributed by atoms with Crippen molar-refractivity contribution in [1.82, 2.24) is 25.3 Å². The van der Waals surface area contributed by atoms with Gasteiger partial charge in [0.25, 0.3) is 5.91 Å². The van der Waals surface area contributed by atoms with Crippen LogP contribution in [0.1, 0.15) is 27.0 Å². The summed E-state index contributed by atoms with van der Waals surface area (Å²) in [4.78, 5) is 37.2. The number of benzene rings is 2. The number of fused-ring (bicyclic) bond motifs is 2. The lowest BCUT2D eigenvalue weighted by molar-refractivity contribution is -0.108. The molecule has 9 heteroatoms. The highest BCUT2D eigenvalue weighted by Gasteiger charge is 2.29. The molecule has 33 heavy (non-hydrogen) atoms. The Kier molecular flexibility index (Phi) is 6.00. The molecule has 1 aliphatic rings. The van der Waals surface area contributed by atoms with E-state index < -0.39 is 12.1 Å². The largest absolute Gasteiger partial charge is 0.497 e. The van der Waals surface area contributed by atoms with Crippen LogP contribution in [0.4, 0.5) is 4.79 Å². The summed E-state index contributed by atoms with van der Waals surface area (Å²) in [5.41, 5.74) is 4.26. The van der Waals surface area contributed by atoms with Crippen molar-refractivity contribution in [2.75, 3.05) is 13.7 Å². The monoisotopic (exact) mass is 445 g/mol. The summed E-state index contributed by atoms with van der Waals surface area (Å²) in [6.45, 7) is 2.54. The molecule has 2 N–H and O–H groups in total. The zero-order chi connectivity index (χ0) is 23.5. The first kappa shape index (κ1) is 21.9. The number of amides is 4. The molecule has 0 fully saturated rings. The van der Waals surface area contributed by atoms with Gasteiger partial charge in [0, 0.05) is 30.1 Å². The van der Waals surface area contributed by atoms with Gasteiger partial charge in [0.15, 0.2) is 0 Å². The standard InChI is InChI=1S/C24H23N5O4/c1-15-8-16(9-18-11-26-28(2)22(15)18)4-6-19(27-24(32)25-14-30)13-29-12-17-5-7-20(33-3)10-21(17)23(29)31/h5,7-11,14,19H,12-13H2,1-3H3,(H2,25,27,30,32)/t19-/m1/s1. The van der Waals surface area contributed by atoms with Crippen molar-refractivity contribution in [3.05, 3.63) is 58.8 Å². The maximum Gasteiger partial charge on any atom is 0.322 e. The van der Waals surface area contributed by atoms with Gasteiger partial charge in [0.2, 0.25) is 6.41 Å². The molecular weight excluding hydrogens is 422 g/mol. The number of aromatic nitrogens is 2. The Labute approximate surface area is 190 Å². The predicted molar refractivity (Wildman–Crippen MR) is 122 cm³/mol. The maximum absolute atomic E-state index is 12.9. The number of carbonyl (C=O) groups is 3. The van der Waals surface area contributed by atoms with Crippen LogP contribution in [0.25, 0.3) is 10.9 Å². The first-order valence-electron chi connectivity index (χ1n) is 10.3. The lowest BCUT2D eigenvalue weighted by Gasteiger charge is -2.21. The fourth-order valence-electron chi connectivity index (χ4n) is 4.01. The van der Waals surface area contributed by atoms with E-state index in [1.807, 2.05) is 42.2 Å². The highest BCUT2D eigenvalue weighted by Crippen LogP contribution is 2.26. The van der Waals surface area contributed by atoms with E-state index in [1.165, 1.54) is 0 Å². The SMILES string of the molecule is COc1ccc2c(c1)C(=O)N(C[C@@H](C#Cc1cc(C)c3c(cnn3C)c1)NC(=O)NC=O)C2. The zero-order valence-electron chi connectivity index (χ0n) is 18.5. The van der Waals surface area contributed by atoms with Crippen molar-refractivity contribution in [2.24, 2.45) is 7.05 Å². The van der Waals surface area contributed by atoms with E-state index in [0.717, 1.165) is 27.6 Å². The number of imide groups is 1. The van der Waals surface area contributed by atoms with Crippen LogP contribution in [-0.2, 0) is 18.4 Å². The zero-order valence-corrected chi connectivity index (χ0v) is 18.5. The molecule has 0 aliphatic carbocycles. The lowest BCUT2D eigenvalue weighted by Crippen LogP contribution is -2.46. The minimum atomic E-state index is -0.699. The van der Waals surface area contributed by atoms with Crippen LogP contribution in [0.2, 0.25) is 0 Å². The summed E-state index contributed by atoms with van der Waals surface area (Å²) in [5, 5.41) is 9.94. The van der Waals surface area contributed by atoms with Crippen LogP contribution in [0.15, 0.2) is 36.5 Å². The van der Waals surface area contributed by atoms with Crippen LogP contribution >= 0.6 is 0 Å². The van der Waals surface area contributed by atoms with Crippen molar-refractivity contribution >= 4 is 29.3 Å². The molecular formula is C24H23N5O4. The van der Waals surface area contributed by atoms with E-state index >= 15 is 0 Å². The van der Waals surface area contributed by atoms with Crippen LogP contribution in [0, 0.1) is 18.8 Å². The summed E-state index contributed by atoms with van der Waals surface area (Å²) < 4.78 is 7.02. The van der Waals surface area contributed by atoms with Gasteiger partial charge in [-0.2, -0.15) is 5.10 Å². The third-order valence-corrected chi connectivity index (χ3v) is 5.51. The molecule has 0 saturated heterocycles. The van der Waals surface area contributed by atoms with Crippen LogP contribution < -0.4 is 15.4 Å². The van der Waals surface area contributed by atoms with Crippen LogP contribution in [0.5, 0.6) is 5.75 Å². The van der Waals surface area contributed by atoms with Gasteiger partial charge >= 0.3 is 6.03 Å². The fraction of sp³-hybridized carbons (Fsp3) is 0.250. The first-order valence-corrected chi connectivity index (χ1v) is 10.3. The highest BCUT2D eigenvalue weighted by molar-refractivity contribution is 5.98. The molecule has 0 bridgehead atoms. The molecule has 2 heterocycles. The second-order valence-corrected chi connectivity index (χ2v) is 7.77. The Morgan fingerprint density at radius 1 is 1.33 bits per heavy atom. The number of carbonyl (C=O) groups excluding carboxylic acids is 3. The normalized spacial score (nSPS) is 13.2. The fourth-order valence-corrected chi connectivity index (χ4v) is 4.01. The molecule has 168 valence electrons. The van der Waals surface area contributed by atoms with Gasteiger partial charge in [-0.15, -0.1) is 0 Å². The molecule has 0 spiro atoms. The van der Waals surface area contributed by atoms with Gasteiger partial charge < -0.3 is 15.0 Å². The molecule has 1 aromatic heterocycles. The molecule has 9 nitrogen and oxygen atoms in total. The van der Waals surface area contributed by atoms with E-state index in [9.17, 15) is 14.4 Å². The first-order chi connectivity index (χ1) is 15.9. The average Bonchev–Trinajstić information content (AvgIpc) is 3.32. The second kappa shape index (κ2) is 9.04. The number of aryl methyl sites for hydroxylation is 2. The minimum absolute atomic E-state index is 0.156. The average molecular weight is 445 g/mol. The summed E-state index contributed by atoms with van der Waals surface area (Å²) in [6, 6.07) is 7.85. The van der Waals surface area contributed by atoms with E-state index in [1.54, 1.807) is 30.3 Å². The third kappa shape index (κ3) is 4.50. The Morgan fingerprint density at radius 2 is 2.15 bits per heavy atom. The third-order valence-electron chi connectivity index (χ3n) is 5.51. The quantitative estimate of drug-likeness (QED) is 0.460. The van der Waals surface area contributed by atoms with Gasteiger partial charge in [0.1, 0.15) is 11.8 Å². The van der Waals surface area contributed by atoms with E-state index in [2.05, 4.69) is 22.3 Å². The molecule has 4 rings (SSSR count). The van der Waals surface area contributed by atoms with Gasteiger partial charge in [-0.25, -0.2) is 4.79 Å². The van der Waals surface area contributed by atoms with Crippen molar-refractivity contribution in [1.29, 1.82) is 0 Å². The number of ether oxygens (including phenoxy) is 1. The number of nitrogens with zero attached hydrogens (tertiary/aromatic N) is 3. The van der Waals surface area contributed by atoms with E-state index in [-0.39, 0.29) is 12.5 Å². The van der Waals surface area contributed by atoms with Gasteiger partial charge in [0.05, 0.1) is 25.4 Å². The highest BCUT2D eigenvalue weighted by atomic mass is 16.5. The molecule has 0 radical (unpaired) electrons. The van der Waals surface area contributed by atoms with E-state index in [4.69, 9.17) is 4.74 Å². The number of nitrogens with one attached hydrogen (secondary N) is 2. The number of methoxy groups -OCH3 is 1. The number of hydrogen-bond donors (Lipinski definition) is 2. The number of hydrogen-bond acceptors (Lipinski definition) is 5. The molecule has 0 saturated carbocycles. The smallest absolute Gasteiger partial charge is 0.322 e. The molecule has 1 aliphatic heterocycles. The molecule has 3 aromatic rings. The lowest BCUT2D eigenvalue weighted by atomic mass is 10.1. The summed E-state index contributed by atoms with van der Waals surface area (Å²) >= 11 is 0.